The summed E-state index contributed by atoms with van der Waals surface area (Å²) >= 11 is 0. The fourth-order valence-electron chi connectivity index (χ4n) is 2.18. The summed E-state index contributed by atoms with van der Waals surface area (Å²) in [7, 11) is 0. The number of hydrogen-bond acceptors (Lipinski definition) is 3. The van der Waals surface area contributed by atoms with Crippen molar-refractivity contribution in [2.24, 2.45) is 0 Å². The van der Waals surface area contributed by atoms with E-state index in [0.29, 0.717) is 12.2 Å². The monoisotopic (exact) mass is 235 g/mol. The molecule has 1 heterocycles. The third kappa shape index (κ3) is 3.80. The molecule has 2 unspecified atom stereocenters. The number of aliphatic hydroxyl groups is 1. The van der Waals surface area contributed by atoms with Gasteiger partial charge in [-0.1, -0.05) is 24.3 Å². The Morgan fingerprint density at radius 1 is 1.24 bits per heavy atom. The Hall–Kier alpha value is -0.900. The second-order valence-electron chi connectivity index (χ2n) is 4.75. The quantitative estimate of drug-likeness (QED) is 0.818. The number of nitrogens with one attached hydrogen (secondary N) is 1. The topological polar surface area (TPSA) is 41.5 Å². The number of aliphatic hydroxyl groups excluding tert-OH is 1. The fraction of sp³-hybridized carbons (Fsp3) is 0.571. The molecular formula is C14H21NO2. The van der Waals surface area contributed by atoms with E-state index in [1.165, 1.54) is 12.0 Å². The van der Waals surface area contributed by atoms with Crippen molar-refractivity contribution in [1.82, 2.24) is 5.32 Å². The summed E-state index contributed by atoms with van der Waals surface area (Å²) in [5.41, 5.74) is 2.20. The molecule has 0 bridgehead atoms. The summed E-state index contributed by atoms with van der Waals surface area (Å²) in [4.78, 5) is 0. The molecule has 17 heavy (non-hydrogen) atoms. The van der Waals surface area contributed by atoms with Gasteiger partial charge in [-0.15, -0.1) is 0 Å². The molecule has 94 valence electrons. The third-order valence-electron chi connectivity index (χ3n) is 3.23. The van der Waals surface area contributed by atoms with Crippen LogP contribution < -0.4 is 5.32 Å². The zero-order valence-corrected chi connectivity index (χ0v) is 10.4. The van der Waals surface area contributed by atoms with Crippen LogP contribution in [0.1, 0.15) is 30.9 Å². The van der Waals surface area contributed by atoms with Crippen LogP contribution in [-0.4, -0.2) is 23.9 Å². The highest BCUT2D eigenvalue weighted by Crippen LogP contribution is 2.18. The molecule has 0 amide bonds. The molecule has 1 aliphatic rings. The van der Waals surface area contributed by atoms with Crippen LogP contribution in [0.5, 0.6) is 0 Å². The van der Waals surface area contributed by atoms with Crippen LogP contribution in [0.4, 0.5) is 0 Å². The van der Waals surface area contributed by atoms with Crippen molar-refractivity contribution in [1.29, 1.82) is 0 Å². The Morgan fingerprint density at radius 3 is 2.53 bits per heavy atom. The van der Waals surface area contributed by atoms with Crippen LogP contribution in [0.3, 0.4) is 0 Å². The van der Waals surface area contributed by atoms with Gasteiger partial charge in [-0.05, 0) is 30.9 Å². The van der Waals surface area contributed by atoms with Crippen molar-refractivity contribution in [3.8, 4) is 0 Å². The van der Waals surface area contributed by atoms with E-state index < -0.39 is 0 Å². The van der Waals surface area contributed by atoms with Crippen molar-refractivity contribution in [2.75, 3.05) is 6.54 Å². The van der Waals surface area contributed by atoms with Crippen LogP contribution in [-0.2, 0) is 17.9 Å². The van der Waals surface area contributed by atoms with E-state index in [0.717, 1.165) is 25.1 Å². The SMILES string of the molecule is CC1CCC(CNCc2ccc(CO)cc2)O1. The summed E-state index contributed by atoms with van der Waals surface area (Å²) in [6, 6.07) is 8.03. The second-order valence-corrected chi connectivity index (χ2v) is 4.75. The van der Waals surface area contributed by atoms with Crippen molar-refractivity contribution >= 4 is 0 Å². The maximum atomic E-state index is 8.94. The Labute approximate surface area is 103 Å². The largest absolute Gasteiger partial charge is 0.392 e. The number of hydrogen-bond donors (Lipinski definition) is 2. The molecule has 2 rings (SSSR count). The van der Waals surface area contributed by atoms with Crippen molar-refractivity contribution < 1.29 is 9.84 Å². The van der Waals surface area contributed by atoms with Crippen LogP contribution in [0.25, 0.3) is 0 Å². The lowest BCUT2D eigenvalue weighted by Crippen LogP contribution is -2.26. The standard InChI is InChI=1S/C14H21NO2/c1-11-2-7-14(17-11)9-15-8-12-3-5-13(10-16)6-4-12/h3-6,11,14-16H,2,7-10H2,1H3. The number of benzene rings is 1. The predicted octanol–water partition coefficient (Wildman–Crippen LogP) is 1.84. The fourth-order valence-corrected chi connectivity index (χ4v) is 2.18. The lowest BCUT2D eigenvalue weighted by atomic mass is 10.1. The first-order chi connectivity index (χ1) is 8.28. The minimum atomic E-state index is 0.113. The average Bonchev–Trinajstić information content (AvgIpc) is 2.76. The summed E-state index contributed by atoms with van der Waals surface area (Å²) < 4.78 is 5.74. The molecule has 2 N–H and O–H groups in total. The lowest BCUT2D eigenvalue weighted by molar-refractivity contribution is 0.0559. The molecule has 1 fully saturated rings. The third-order valence-corrected chi connectivity index (χ3v) is 3.23. The van der Waals surface area contributed by atoms with E-state index in [1.54, 1.807) is 0 Å². The van der Waals surface area contributed by atoms with Gasteiger partial charge in [-0.25, -0.2) is 0 Å². The van der Waals surface area contributed by atoms with E-state index in [2.05, 4.69) is 24.4 Å². The molecular weight excluding hydrogens is 214 g/mol. The minimum absolute atomic E-state index is 0.113. The zero-order valence-electron chi connectivity index (χ0n) is 10.4. The first kappa shape index (κ1) is 12.6. The highest BCUT2D eigenvalue weighted by atomic mass is 16.5. The first-order valence-corrected chi connectivity index (χ1v) is 6.33. The van der Waals surface area contributed by atoms with Crippen LogP contribution in [0.15, 0.2) is 24.3 Å². The molecule has 3 nitrogen and oxygen atoms in total. The zero-order chi connectivity index (χ0) is 12.1. The molecule has 1 aromatic carbocycles. The molecule has 1 aliphatic heterocycles. The first-order valence-electron chi connectivity index (χ1n) is 6.33. The van der Waals surface area contributed by atoms with Gasteiger partial charge in [-0.3, -0.25) is 0 Å². The highest BCUT2D eigenvalue weighted by Gasteiger charge is 2.20. The lowest BCUT2D eigenvalue weighted by Gasteiger charge is -2.12. The molecule has 2 atom stereocenters. The van der Waals surface area contributed by atoms with Gasteiger partial charge >= 0.3 is 0 Å². The number of rotatable bonds is 5. The minimum Gasteiger partial charge on any atom is -0.392 e. The Balaban J connectivity index is 1.70. The van der Waals surface area contributed by atoms with Gasteiger partial charge in [0.25, 0.3) is 0 Å². The van der Waals surface area contributed by atoms with Crippen LogP contribution >= 0.6 is 0 Å². The summed E-state index contributed by atoms with van der Waals surface area (Å²) in [5.74, 6) is 0. The van der Waals surface area contributed by atoms with Crippen molar-refractivity contribution in [2.45, 2.75) is 45.1 Å². The molecule has 0 saturated carbocycles. The van der Waals surface area contributed by atoms with Gasteiger partial charge in [0.15, 0.2) is 0 Å². The van der Waals surface area contributed by atoms with Gasteiger partial charge < -0.3 is 15.2 Å². The smallest absolute Gasteiger partial charge is 0.0704 e. The van der Waals surface area contributed by atoms with Crippen LogP contribution in [0.2, 0.25) is 0 Å². The highest BCUT2D eigenvalue weighted by molar-refractivity contribution is 5.21. The van der Waals surface area contributed by atoms with Crippen molar-refractivity contribution in [3.63, 3.8) is 0 Å². The van der Waals surface area contributed by atoms with E-state index in [9.17, 15) is 0 Å². The normalized spacial score (nSPS) is 24.1. The van der Waals surface area contributed by atoms with E-state index in [1.807, 2.05) is 12.1 Å². The predicted molar refractivity (Wildman–Crippen MR) is 67.6 cm³/mol. The molecule has 0 aliphatic carbocycles. The summed E-state index contributed by atoms with van der Waals surface area (Å²) in [6.07, 6.45) is 3.14. The van der Waals surface area contributed by atoms with Gasteiger partial charge in [0.2, 0.25) is 0 Å². The summed E-state index contributed by atoms with van der Waals surface area (Å²) in [5, 5.41) is 12.4. The number of ether oxygens (including phenoxy) is 1. The van der Waals surface area contributed by atoms with Gasteiger partial charge in [-0.2, -0.15) is 0 Å². The van der Waals surface area contributed by atoms with Crippen molar-refractivity contribution in [3.05, 3.63) is 35.4 Å². The van der Waals surface area contributed by atoms with Crippen LogP contribution in [0, 0.1) is 0 Å². The van der Waals surface area contributed by atoms with Gasteiger partial charge in [0.05, 0.1) is 18.8 Å². The van der Waals surface area contributed by atoms with Gasteiger partial charge in [0, 0.05) is 13.1 Å². The maximum Gasteiger partial charge on any atom is 0.0704 e. The molecule has 1 aromatic rings. The second kappa shape index (κ2) is 6.15. The molecule has 0 spiro atoms. The molecule has 3 heteroatoms. The van der Waals surface area contributed by atoms with Gasteiger partial charge in [0.1, 0.15) is 0 Å². The summed E-state index contributed by atoms with van der Waals surface area (Å²) in [6.45, 7) is 4.03. The maximum absolute atomic E-state index is 8.94. The molecule has 0 radical (unpaired) electrons. The average molecular weight is 235 g/mol. The Kier molecular flexibility index (Phi) is 4.54. The Bertz CT molecular complexity index is 337. The molecule has 0 aromatic heterocycles. The Morgan fingerprint density at radius 2 is 1.94 bits per heavy atom. The van der Waals surface area contributed by atoms with E-state index in [4.69, 9.17) is 9.84 Å². The molecule has 1 saturated heterocycles. The van der Waals surface area contributed by atoms with E-state index >= 15 is 0 Å². The van der Waals surface area contributed by atoms with E-state index in [-0.39, 0.29) is 6.61 Å².